The Hall–Kier alpha value is -0.950. The number of sulfonamides is 1. The van der Waals surface area contributed by atoms with E-state index in [9.17, 15) is 13.5 Å². The van der Waals surface area contributed by atoms with Gasteiger partial charge in [-0.2, -0.15) is 0 Å². The van der Waals surface area contributed by atoms with E-state index in [0.717, 1.165) is 0 Å². The van der Waals surface area contributed by atoms with Gasteiger partial charge in [0, 0.05) is 9.50 Å². The second-order valence-corrected chi connectivity index (χ2v) is 7.71. The Morgan fingerprint density at radius 3 is 2.30 bits per heavy atom. The van der Waals surface area contributed by atoms with Crippen molar-refractivity contribution in [3.63, 3.8) is 0 Å². The highest BCUT2D eigenvalue weighted by Gasteiger charge is 2.22. The van der Waals surface area contributed by atoms with Crippen molar-refractivity contribution < 1.29 is 13.5 Å². The Balaban J connectivity index is 0.00000127. The highest BCUT2D eigenvalue weighted by Crippen LogP contribution is 2.35. The van der Waals surface area contributed by atoms with Gasteiger partial charge in [-0.3, -0.25) is 4.72 Å². The Morgan fingerprint density at radius 1 is 1.13 bits per heavy atom. The van der Waals surface area contributed by atoms with Gasteiger partial charge in [-0.05, 0) is 42.8 Å². The number of benzene rings is 2. The Bertz CT molecular complexity index is 811. The topological polar surface area (TPSA) is 66.4 Å². The van der Waals surface area contributed by atoms with Crippen LogP contribution in [0.3, 0.4) is 0 Å². The van der Waals surface area contributed by atoms with E-state index in [4.69, 9.17) is 23.2 Å². The summed E-state index contributed by atoms with van der Waals surface area (Å²) in [7, 11) is -3.98. The lowest BCUT2D eigenvalue weighted by Crippen LogP contribution is -2.14. The minimum atomic E-state index is -3.98. The van der Waals surface area contributed by atoms with Gasteiger partial charge in [0.15, 0.2) is 5.75 Å². The van der Waals surface area contributed by atoms with Gasteiger partial charge < -0.3 is 5.11 Å². The largest absolute Gasteiger partial charge is 0.505 e. The first kappa shape index (κ1) is 20.1. The number of nitrogens with one attached hydrogen (secondary N) is 1. The Labute approximate surface area is 154 Å². The van der Waals surface area contributed by atoms with Gasteiger partial charge in [-0.1, -0.05) is 53.0 Å². The lowest BCUT2D eigenvalue weighted by molar-refractivity contribution is 0.459. The maximum absolute atomic E-state index is 12.4. The monoisotopic (exact) mass is 439 g/mol. The van der Waals surface area contributed by atoms with Gasteiger partial charge in [0.2, 0.25) is 0 Å². The highest BCUT2D eigenvalue weighted by atomic mass is 79.9. The summed E-state index contributed by atoms with van der Waals surface area (Å²) in [6.45, 7) is 5.72. The first-order valence-electron chi connectivity index (χ1n) is 6.67. The summed E-state index contributed by atoms with van der Waals surface area (Å²) < 4.78 is 27.6. The molecule has 0 aliphatic rings. The Morgan fingerprint density at radius 2 is 1.74 bits per heavy atom. The minimum absolute atomic E-state index is 0.0578. The molecular formula is C15H16BrCl2NO3S. The zero-order chi connectivity index (χ0) is 17.8. The van der Waals surface area contributed by atoms with Crippen LogP contribution in [0.2, 0.25) is 10.0 Å². The van der Waals surface area contributed by atoms with E-state index in [1.165, 1.54) is 12.1 Å². The van der Waals surface area contributed by atoms with Gasteiger partial charge in [0.05, 0.1) is 10.7 Å². The molecule has 2 aromatic rings. The molecule has 0 bridgehead atoms. The molecule has 0 unspecified atom stereocenters. The number of hydrogen-bond donors (Lipinski definition) is 2. The summed E-state index contributed by atoms with van der Waals surface area (Å²) in [4.78, 5) is -0.309. The van der Waals surface area contributed by atoms with Crippen molar-refractivity contribution in [2.24, 2.45) is 0 Å². The van der Waals surface area contributed by atoms with E-state index < -0.39 is 15.8 Å². The molecule has 0 aromatic heterocycles. The highest BCUT2D eigenvalue weighted by molar-refractivity contribution is 9.10. The first-order valence-corrected chi connectivity index (χ1v) is 9.71. The van der Waals surface area contributed by atoms with Crippen LogP contribution in [0, 0.1) is 6.92 Å². The van der Waals surface area contributed by atoms with E-state index in [1.54, 1.807) is 25.1 Å². The van der Waals surface area contributed by atoms with E-state index in [2.05, 4.69) is 20.7 Å². The third kappa shape index (κ3) is 5.01. The molecule has 2 rings (SSSR count). The van der Waals surface area contributed by atoms with Crippen molar-refractivity contribution in [3.8, 4) is 5.75 Å². The normalized spacial score (nSPS) is 10.7. The van der Waals surface area contributed by atoms with Crippen LogP contribution in [0.25, 0.3) is 0 Å². The van der Waals surface area contributed by atoms with Crippen LogP contribution in [0.4, 0.5) is 5.69 Å². The Kier molecular flexibility index (Phi) is 7.20. The summed E-state index contributed by atoms with van der Waals surface area (Å²) in [6.07, 6.45) is 0. The summed E-state index contributed by atoms with van der Waals surface area (Å²) in [6, 6.07) is 7.43. The molecule has 23 heavy (non-hydrogen) atoms. The SMILES string of the molecule is CC.Cc1cc(Cl)ccc1NS(=O)(=O)c1cc(Br)cc(Cl)c1O. The lowest BCUT2D eigenvalue weighted by Gasteiger charge is -2.13. The molecule has 0 saturated heterocycles. The zero-order valence-corrected chi connectivity index (χ0v) is 16.6. The zero-order valence-electron chi connectivity index (χ0n) is 12.7. The molecule has 0 spiro atoms. The summed E-state index contributed by atoms with van der Waals surface area (Å²) in [5.41, 5.74) is 1.03. The number of phenolic OH excluding ortho intramolecular Hbond substituents is 1. The van der Waals surface area contributed by atoms with Crippen molar-refractivity contribution in [1.82, 2.24) is 0 Å². The van der Waals surface area contributed by atoms with E-state index in [0.29, 0.717) is 20.7 Å². The number of phenols is 1. The molecule has 0 aliphatic carbocycles. The maximum atomic E-state index is 12.4. The minimum Gasteiger partial charge on any atom is -0.505 e. The molecule has 0 saturated carbocycles. The van der Waals surface area contributed by atoms with E-state index >= 15 is 0 Å². The van der Waals surface area contributed by atoms with Gasteiger partial charge in [0.25, 0.3) is 10.0 Å². The van der Waals surface area contributed by atoms with Crippen LogP contribution >= 0.6 is 39.1 Å². The molecule has 0 fully saturated rings. The lowest BCUT2D eigenvalue weighted by atomic mass is 10.2. The first-order chi connectivity index (χ1) is 10.7. The number of anilines is 1. The number of rotatable bonds is 3. The fourth-order valence-electron chi connectivity index (χ4n) is 1.69. The smallest absolute Gasteiger partial charge is 0.265 e. The molecule has 0 heterocycles. The van der Waals surface area contributed by atoms with Crippen LogP contribution in [0.15, 0.2) is 39.7 Å². The van der Waals surface area contributed by atoms with Gasteiger partial charge >= 0.3 is 0 Å². The molecule has 8 heteroatoms. The number of aromatic hydroxyl groups is 1. The van der Waals surface area contributed by atoms with Crippen molar-refractivity contribution in [1.29, 1.82) is 0 Å². The fourth-order valence-corrected chi connectivity index (χ4v) is 4.21. The van der Waals surface area contributed by atoms with Crippen molar-refractivity contribution in [2.75, 3.05) is 4.72 Å². The average molecular weight is 441 g/mol. The third-order valence-electron chi connectivity index (χ3n) is 2.72. The van der Waals surface area contributed by atoms with Crippen molar-refractivity contribution in [2.45, 2.75) is 25.7 Å². The standard InChI is InChI=1S/C13H10BrCl2NO3S.C2H6/c1-7-4-9(15)2-3-11(7)17-21(19,20)12-6-8(14)5-10(16)13(12)18;1-2/h2-6,17-18H,1H3;1-2H3. The number of aryl methyl sites for hydroxylation is 1. The molecule has 0 amide bonds. The average Bonchev–Trinajstić information content (AvgIpc) is 2.48. The molecule has 2 aromatic carbocycles. The van der Waals surface area contributed by atoms with Crippen molar-refractivity contribution >= 4 is 54.8 Å². The summed E-state index contributed by atoms with van der Waals surface area (Å²) in [5, 5.41) is 10.3. The fraction of sp³-hybridized carbons (Fsp3) is 0.200. The van der Waals surface area contributed by atoms with Crippen LogP contribution in [-0.2, 0) is 10.0 Å². The predicted molar refractivity (Wildman–Crippen MR) is 99.2 cm³/mol. The van der Waals surface area contributed by atoms with E-state index in [1.807, 2.05) is 13.8 Å². The summed E-state index contributed by atoms with van der Waals surface area (Å²) in [5.74, 6) is -0.501. The van der Waals surface area contributed by atoms with Gasteiger partial charge in [-0.25, -0.2) is 8.42 Å². The van der Waals surface area contributed by atoms with Crippen LogP contribution in [0.5, 0.6) is 5.75 Å². The maximum Gasteiger partial charge on any atom is 0.265 e. The van der Waals surface area contributed by atoms with Crippen LogP contribution < -0.4 is 4.72 Å². The second kappa shape index (κ2) is 8.24. The molecule has 0 aliphatic heterocycles. The van der Waals surface area contributed by atoms with Crippen LogP contribution in [0.1, 0.15) is 19.4 Å². The third-order valence-corrected chi connectivity index (χ3v) is 5.08. The summed E-state index contributed by atoms with van der Waals surface area (Å²) >= 11 is 14.8. The number of halogens is 3. The number of hydrogen-bond acceptors (Lipinski definition) is 3. The second-order valence-electron chi connectivity index (χ2n) is 4.30. The van der Waals surface area contributed by atoms with Crippen molar-refractivity contribution in [3.05, 3.63) is 50.4 Å². The predicted octanol–water partition coefficient (Wildman–Crippen LogP) is 5.60. The molecule has 126 valence electrons. The van der Waals surface area contributed by atoms with Gasteiger partial charge in [-0.15, -0.1) is 0 Å². The van der Waals surface area contributed by atoms with Crippen LogP contribution in [-0.4, -0.2) is 13.5 Å². The van der Waals surface area contributed by atoms with Gasteiger partial charge in [0.1, 0.15) is 4.90 Å². The molecule has 4 nitrogen and oxygen atoms in total. The molecule has 0 radical (unpaired) electrons. The van der Waals surface area contributed by atoms with E-state index in [-0.39, 0.29) is 9.92 Å². The molecule has 0 atom stereocenters. The quantitative estimate of drug-likeness (QED) is 0.652. The molecule has 2 N–H and O–H groups in total. The molecular weight excluding hydrogens is 425 g/mol.